The Labute approximate surface area is 124 Å². The summed E-state index contributed by atoms with van der Waals surface area (Å²) < 4.78 is 5.12. The average Bonchev–Trinajstić information content (AvgIpc) is 2.52. The minimum atomic E-state index is -0.713. The fourth-order valence-corrected chi connectivity index (χ4v) is 1.97. The first kappa shape index (κ1) is 14.6. The number of rotatable bonds is 4. The van der Waals surface area contributed by atoms with Crippen molar-refractivity contribution in [2.75, 3.05) is 0 Å². The zero-order valence-corrected chi connectivity index (χ0v) is 11.7. The number of amides is 1. The fraction of sp³-hybridized carbons (Fsp3) is 0.176. The van der Waals surface area contributed by atoms with Crippen molar-refractivity contribution in [1.82, 2.24) is 5.32 Å². The van der Waals surface area contributed by atoms with E-state index in [9.17, 15) is 10.1 Å². The lowest BCUT2D eigenvalue weighted by Crippen LogP contribution is -2.28. The number of nitriles is 1. The Balaban J connectivity index is 1.95. The highest BCUT2D eigenvalue weighted by atomic mass is 16.5. The quantitative estimate of drug-likeness (QED) is 0.932. The van der Waals surface area contributed by atoms with Crippen molar-refractivity contribution in [3.05, 3.63) is 71.3 Å². The zero-order chi connectivity index (χ0) is 15.1. The van der Waals surface area contributed by atoms with Crippen molar-refractivity contribution < 1.29 is 9.53 Å². The highest BCUT2D eigenvalue weighted by Gasteiger charge is 2.16. The summed E-state index contributed by atoms with van der Waals surface area (Å²) in [6.07, 6.45) is -0.603. The van der Waals surface area contributed by atoms with E-state index in [1.54, 1.807) is 0 Å². The highest BCUT2D eigenvalue weighted by Crippen LogP contribution is 2.16. The van der Waals surface area contributed by atoms with E-state index in [0.29, 0.717) is 0 Å². The topological polar surface area (TPSA) is 62.1 Å². The molecule has 0 spiro atoms. The standard InChI is InChI=1S/C17H16N2O2/c1-13-7-5-6-10-15(13)16(11-18)19-17(20)21-12-14-8-3-2-4-9-14/h2-10,16H,12H2,1H3,(H,19,20)/t16-/m0/s1. The van der Waals surface area contributed by atoms with Crippen LogP contribution in [0.4, 0.5) is 4.79 Å². The van der Waals surface area contributed by atoms with Gasteiger partial charge in [-0.25, -0.2) is 4.79 Å². The van der Waals surface area contributed by atoms with E-state index in [1.807, 2.05) is 61.5 Å². The van der Waals surface area contributed by atoms with Crippen LogP contribution >= 0.6 is 0 Å². The number of hydrogen-bond acceptors (Lipinski definition) is 3. The van der Waals surface area contributed by atoms with E-state index in [-0.39, 0.29) is 6.61 Å². The molecule has 0 aliphatic rings. The van der Waals surface area contributed by atoms with Gasteiger partial charge in [0.15, 0.2) is 0 Å². The van der Waals surface area contributed by atoms with Gasteiger partial charge < -0.3 is 10.1 Å². The molecule has 0 aliphatic carbocycles. The number of aryl methyl sites for hydroxylation is 1. The van der Waals surface area contributed by atoms with E-state index in [0.717, 1.165) is 16.7 Å². The van der Waals surface area contributed by atoms with Gasteiger partial charge in [-0.3, -0.25) is 0 Å². The molecule has 0 saturated carbocycles. The number of nitrogens with zero attached hydrogens (tertiary/aromatic N) is 1. The summed E-state index contributed by atoms with van der Waals surface area (Å²) in [4.78, 5) is 11.8. The molecule has 106 valence electrons. The van der Waals surface area contributed by atoms with E-state index in [2.05, 4.69) is 11.4 Å². The first-order valence-electron chi connectivity index (χ1n) is 6.63. The first-order chi connectivity index (χ1) is 10.2. The lowest BCUT2D eigenvalue weighted by atomic mass is 10.0. The number of hydrogen-bond donors (Lipinski definition) is 1. The Bertz CT molecular complexity index is 647. The maximum Gasteiger partial charge on any atom is 0.408 e. The van der Waals surface area contributed by atoms with Crippen LogP contribution in [0.15, 0.2) is 54.6 Å². The van der Waals surface area contributed by atoms with E-state index < -0.39 is 12.1 Å². The van der Waals surface area contributed by atoms with Crippen LogP contribution in [0.2, 0.25) is 0 Å². The molecule has 4 heteroatoms. The van der Waals surface area contributed by atoms with Crippen molar-refractivity contribution in [1.29, 1.82) is 5.26 Å². The predicted molar refractivity (Wildman–Crippen MR) is 79.3 cm³/mol. The second kappa shape index (κ2) is 7.11. The molecule has 1 N–H and O–H groups in total. The minimum absolute atomic E-state index is 0.179. The van der Waals surface area contributed by atoms with Crippen molar-refractivity contribution in [3.8, 4) is 6.07 Å². The molecule has 0 saturated heterocycles. The third-order valence-electron chi connectivity index (χ3n) is 3.10. The predicted octanol–water partition coefficient (Wildman–Crippen LogP) is 3.49. The molecule has 0 aliphatic heterocycles. The third kappa shape index (κ3) is 4.08. The highest BCUT2D eigenvalue weighted by molar-refractivity contribution is 5.68. The van der Waals surface area contributed by atoms with Gasteiger partial charge in [0.1, 0.15) is 12.6 Å². The second-order valence-corrected chi connectivity index (χ2v) is 4.62. The Morgan fingerprint density at radius 2 is 1.86 bits per heavy atom. The van der Waals surface area contributed by atoms with Crippen LogP contribution in [0, 0.1) is 18.3 Å². The molecular weight excluding hydrogens is 264 g/mol. The number of carbonyl (C=O) groups is 1. The summed E-state index contributed by atoms with van der Waals surface area (Å²) in [5.74, 6) is 0. The van der Waals surface area contributed by atoms with Crippen molar-refractivity contribution in [2.45, 2.75) is 19.6 Å². The molecule has 0 aromatic heterocycles. The summed E-state index contributed by atoms with van der Waals surface area (Å²) in [7, 11) is 0. The number of ether oxygens (including phenoxy) is 1. The Morgan fingerprint density at radius 3 is 2.52 bits per heavy atom. The van der Waals surface area contributed by atoms with Gasteiger partial charge in [-0.05, 0) is 23.6 Å². The van der Waals surface area contributed by atoms with Crippen LogP contribution in [0.1, 0.15) is 22.7 Å². The molecular formula is C17H16N2O2. The van der Waals surface area contributed by atoms with Gasteiger partial charge in [0.2, 0.25) is 0 Å². The molecule has 0 heterocycles. The normalized spacial score (nSPS) is 11.2. The Hall–Kier alpha value is -2.80. The van der Waals surface area contributed by atoms with Crippen LogP contribution in [-0.4, -0.2) is 6.09 Å². The van der Waals surface area contributed by atoms with Crippen LogP contribution in [0.3, 0.4) is 0 Å². The number of carbonyl (C=O) groups excluding carboxylic acids is 1. The molecule has 4 nitrogen and oxygen atoms in total. The van der Waals surface area contributed by atoms with Gasteiger partial charge in [-0.1, -0.05) is 54.6 Å². The van der Waals surface area contributed by atoms with Crippen molar-refractivity contribution in [3.63, 3.8) is 0 Å². The minimum Gasteiger partial charge on any atom is -0.445 e. The van der Waals surface area contributed by atoms with Crippen LogP contribution in [0.5, 0.6) is 0 Å². The molecule has 1 atom stereocenters. The average molecular weight is 280 g/mol. The van der Waals surface area contributed by atoms with Crippen molar-refractivity contribution >= 4 is 6.09 Å². The maximum atomic E-state index is 11.8. The Kier molecular flexibility index (Phi) is 4.94. The maximum absolute atomic E-state index is 11.8. The molecule has 21 heavy (non-hydrogen) atoms. The van der Waals surface area contributed by atoms with E-state index in [1.165, 1.54) is 0 Å². The summed E-state index contributed by atoms with van der Waals surface area (Å²) in [5, 5.41) is 11.8. The Morgan fingerprint density at radius 1 is 1.19 bits per heavy atom. The van der Waals surface area contributed by atoms with Crippen LogP contribution in [0.25, 0.3) is 0 Å². The van der Waals surface area contributed by atoms with E-state index >= 15 is 0 Å². The molecule has 1 amide bonds. The zero-order valence-electron chi connectivity index (χ0n) is 11.7. The van der Waals surface area contributed by atoms with Crippen LogP contribution < -0.4 is 5.32 Å². The SMILES string of the molecule is Cc1ccccc1[C@H](C#N)NC(=O)OCc1ccccc1. The molecule has 0 unspecified atom stereocenters. The lowest BCUT2D eigenvalue weighted by Gasteiger charge is -2.14. The summed E-state index contributed by atoms with van der Waals surface area (Å²) in [6, 6.07) is 18.2. The molecule has 2 aromatic carbocycles. The molecule has 0 fully saturated rings. The van der Waals surface area contributed by atoms with Gasteiger partial charge in [0.25, 0.3) is 0 Å². The van der Waals surface area contributed by atoms with Gasteiger partial charge in [-0.2, -0.15) is 5.26 Å². The monoisotopic (exact) mass is 280 g/mol. The van der Waals surface area contributed by atoms with Gasteiger partial charge in [-0.15, -0.1) is 0 Å². The van der Waals surface area contributed by atoms with Gasteiger partial charge in [0.05, 0.1) is 6.07 Å². The summed E-state index contributed by atoms with van der Waals surface area (Å²) in [5.41, 5.74) is 2.63. The number of benzene rings is 2. The molecule has 0 radical (unpaired) electrons. The molecule has 2 aromatic rings. The fourth-order valence-electron chi connectivity index (χ4n) is 1.97. The van der Waals surface area contributed by atoms with Crippen molar-refractivity contribution in [2.24, 2.45) is 0 Å². The summed E-state index contributed by atoms with van der Waals surface area (Å²) >= 11 is 0. The van der Waals surface area contributed by atoms with Crippen LogP contribution in [-0.2, 0) is 11.3 Å². The first-order valence-corrected chi connectivity index (χ1v) is 6.63. The van der Waals surface area contributed by atoms with E-state index in [4.69, 9.17) is 4.74 Å². The number of alkyl carbamates (subject to hydrolysis) is 1. The number of nitrogens with one attached hydrogen (secondary N) is 1. The summed E-state index contributed by atoms with van der Waals surface area (Å²) in [6.45, 7) is 2.08. The second-order valence-electron chi connectivity index (χ2n) is 4.62. The lowest BCUT2D eigenvalue weighted by molar-refractivity contribution is 0.137. The van der Waals surface area contributed by atoms with Gasteiger partial charge >= 0.3 is 6.09 Å². The third-order valence-corrected chi connectivity index (χ3v) is 3.10. The molecule has 2 rings (SSSR count). The molecule has 0 bridgehead atoms. The largest absolute Gasteiger partial charge is 0.445 e. The van der Waals surface area contributed by atoms with Gasteiger partial charge in [0, 0.05) is 0 Å². The smallest absolute Gasteiger partial charge is 0.408 e.